The van der Waals surface area contributed by atoms with Crippen LogP contribution in [0.1, 0.15) is 24.5 Å². The van der Waals surface area contributed by atoms with E-state index in [9.17, 15) is 9.59 Å². The molecule has 1 unspecified atom stereocenters. The van der Waals surface area contributed by atoms with E-state index in [1.54, 1.807) is 23.0 Å². The number of hydrogen-bond acceptors (Lipinski definition) is 4. The molecule has 0 saturated carbocycles. The minimum Gasteiger partial charge on any atom is -0.313 e. The maximum absolute atomic E-state index is 11.5. The van der Waals surface area contributed by atoms with Gasteiger partial charge in [0.1, 0.15) is 0 Å². The van der Waals surface area contributed by atoms with Gasteiger partial charge in [0.2, 0.25) is 0 Å². The van der Waals surface area contributed by atoms with Gasteiger partial charge in [-0.1, -0.05) is 0 Å². The molecule has 0 amide bonds. The van der Waals surface area contributed by atoms with Crippen molar-refractivity contribution in [2.45, 2.75) is 25.3 Å². The predicted molar refractivity (Wildman–Crippen MR) is 78.3 cm³/mol. The quantitative estimate of drug-likeness (QED) is 0.838. The maximum atomic E-state index is 11.5. The molecule has 0 aliphatic carbocycles. The molecule has 2 aromatic rings. The molecule has 3 rings (SSSR count). The molecule has 112 valence electrons. The summed E-state index contributed by atoms with van der Waals surface area (Å²) in [5, 5.41) is 0. The van der Waals surface area contributed by atoms with Gasteiger partial charge in [-0.05, 0) is 19.4 Å². The highest BCUT2D eigenvalue weighted by atomic mass is 16.1. The van der Waals surface area contributed by atoms with E-state index in [-0.39, 0.29) is 11.2 Å². The van der Waals surface area contributed by atoms with Gasteiger partial charge in [0.05, 0.1) is 12.0 Å². The molecule has 1 aliphatic heterocycles. The number of nitrogens with zero attached hydrogens (tertiary/aromatic N) is 3. The average molecular weight is 289 g/mol. The summed E-state index contributed by atoms with van der Waals surface area (Å²) in [6.07, 6.45) is 7.03. The molecule has 7 nitrogen and oxygen atoms in total. The van der Waals surface area contributed by atoms with Crippen LogP contribution in [0.15, 0.2) is 34.4 Å². The van der Waals surface area contributed by atoms with Crippen LogP contribution in [0.25, 0.3) is 0 Å². The summed E-state index contributed by atoms with van der Waals surface area (Å²) in [5.41, 5.74) is 0.693. The van der Waals surface area contributed by atoms with Crippen LogP contribution in [0.2, 0.25) is 0 Å². The number of piperidine rings is 1. The van der Waals surface area contributed by atoms with Crippen LogP contribution in [-0.2, 0) is 6.54 Å². The highest BCUT2D eigenvalue weighted by Crippen LogP contribution is 2.24. The number of likely N-dealkylation sites (tertiary alicyclic amines) is 1. The zero-order chi connectivity index (χ0) is 14.7. The number of rotatable bonds is 4. The second kappa shape index (κ2) is 6.09. The first kappa shape index (κ1) is 13.8. The summed E-state index contributed by atoms with van der Waals surface area (Å²) in [4.78, 5) is 34.6. The van der Waals surface area contributed by atoms with Crippen LogP contribution in [0.4, 0.5) is 0 Å². The van der Waals surface area contributed by atoms with Crippen molar-refractivity contribution in [3.05, 3.63) is 51.3 Å². The average Bonchev–Trinajstić information content (AvgIpc) is 2.91. The van der Waals surface area contributed by atoms with Crippen molar-refractivity contribution in [2.75, 3.05) is 19.6 Å². The Kier molecular flexibility index (Phi) is 4.01. The highest BCUT2D eigenvalue weighted by Gasteiger charge is 2.22. The lowest BCUT2D eigenvalue weighted by atomic mass is 9.94. The van der Waals surface area contributed by atoms with Gasteiger partial charge in [-0.2, -0.15) is 0 Å². The number of nitrogens with one attached hydrogen (secondary N) is 2. The third kappa shape index (κ3) is 3.30. The number of imidazole rings is 1. The van der Waals surface area contributed by atoms with E-state index >= 15 is 0 Å². The van der Waals surface area contributed by atoms with Gasteiger partial charge in [-0.3, -0.25) is 9.36 Å². The lowest BCUT2D eigenvalue weighted by molar-refractivity contribution is 0.198. The van der Waals surface area contributed by atoms with Gasteiger partial charge < -0.3 is 14.9 Å². The van der Waals surface area contributed by atoms with Gasteiger partial charge in [0.15, 0.2) is 0 Å². The van der Waals surface area contributed by atoms with Crippen molar-refractivity contribution in [2.24, 2.45) is 0 Å². The zero-order valence-corrected chi connectivity index (χ0v) is 11.8. The monoisotopic (exact) mass is 289 g/mol. The summed E-state index contributed by atoms with van der Waals surface area (Å²) in [5.74, 6) is 0.295. The summed E-state index contributed by atoms with van der Waals surface area (Å²) in [6, 6.07) is 1.59. The minimum absolute atomic E-state index is 0.0696. The topological polar surface area (TPSA) is 86.8 Å². The number of hydrogen-bond donors (Lipinski definition) is 2. The summed E-state index contributed by atoms with van der Waals surface area (Å²) < 4.78 is 1.68. The smallest absolute Gasteiger partial charge is 0.313 e. The fraction of sp³-hybridized carbons (Fsp3) is 0.500. The standard InChI is InChI=1S/C14H19N5O2/c20-13-8-12(16-10-17-13)11-2-1-4-18(9-11)6-7-19-5-3-15-14(19)21/h3,5,8,10-11H,1-2,4,6-7,9H2,(H,15,21)(H,16,17,20). The van der Waals surface area contributed by atoms with E-state index in [4.69, 9.17) is 0 Å². The normalized spacial score (nSPS) is 19.7. The fourth-order valence-electron chi connectivity index (χ4n) is 2.88. The lowest BCUT2D eigenvalue weighted by Crippen LogP contribution is -2.38. The molecule has 0 bridgehead atoms. The van der Waals surface area contributed by atoms with E-state index < -0.39 is 0 Å². The molecule has 2 aromatic heterocycles. The first-order chi connectivity index (χ1) is 10.2. The molecule has 3 heterocycles. The van der Waals surface area contributed by atoms with Crippen molar-refractivity contribution in [1.29, 1.82) is 0 Å². The van der Waals surface area contributed by atoms with Crippen LogP contribution in [0.5, 0.6) is 0 Å². The van der Waals surface area contributed by atoms with E-state index in [0.717, 1.165) is 38.2 Å². The Labute approximate surface area is 121 Å². The second-order valence-electron chi connectivity index (χ2n) is 5.43. The van der Waals surface area contributed by atoms with Gasteiger partial charge >= 0.3 is 5.69 Å². The Morgan fingerprint density at radius 2 is 2.19 bits per heavy atom. The van der Waals surface area contributed by atoms with Gasteiger partial charge in [-0.25, -0.2) is 9.78 Å². The van der Waals surface area contributed by atoms with Crippen molar-refractivity contribution in [3.8, 4) is 0 Å². The molecule has 21 heavy (non-hydrogen) atoms. The van der Waals surface area contributed by atoms with Crippen molar-refractivity contribution < 1.29 is 0 Å². The van der Waals surface area contributed by atoms with Crippen LogP contribution in [0, 0.1) is 0 Å². The number of aromatic nitrogens is 4. The van der Waals surface area contributed by atoms with Crippen molar-refractivity contribution in [1.82, 2.24) is 24.4 Å². The molecule has 1 fully saturated rings. The third-order valence-electron chi connectivity index (χ3n) is 4.00. The largest absolute Gasteiger partial charge is 0.325 e. The fourth-order valence-corrected chi connectivity index (χ4v) is 2.88. The molecule has 0 aromatic carbocycles. The number of H-pyrrole nitrogens is 2. The van der Waals surface area contributed by atoms with E-state index in [1.165, 1.54) is 6.33 Å². The first-order valence-corrected chi connectivity index (χ1v) is 7.23. The summed E-state index contributed by atoms with van der Waals surface area (Å²) in [7, 11) is 0. The zero-order valence-electron chi connectivity index (χ0n) is 11.8. The Morgan fingerprint density at radius 3 is 2.95 bits per heavy atom. The number of aromatic amines is 2. The Balaban J connectivity index is 1.62. The summed E-state index contributed by atoms with van der Waals surface area (Å²) >= 11 is 0. The first-order valence-electron chi connectivity index (χ1n) is 7.23. The molecule has 0 spiro atoms. The highest BCUT2D eigenvalue weighted by molar-refractivity contribution is 5.07. The Morgan fingerprint density at radius 1 is 1.29 bits per heavy atom. The Bertz CT molecular complexity index is 701. The van der Waals surface area contributed by atoms with Crippen LogP contribution in [-0.4, -0.2) is 44.1 Å². The van der Waals surface area contributed by atoms with E-state index in [1.807, 2.05) is 0 Å². The Hall–Kier alpha value is -2.15. The molecule has 1 saturated heterocycles. The summed E-state index contributed by atoms with van der Waals surface area (Å²) in [6.45, 7) is 3.42. The maximum Gasteiger partial charge on any atom is 0.325 e. The van der Waals surface area contributed by atoms with Crippen molar-refractivity contribution >= 4 is 0 Å². The van der Waals surface area contributed by atoms with Crippen LogP contribution >= 0.6 is 0 Å². The van der Waals surface area contributed by atoms with E-state index in [2.05, 4.69) is 19.9 Å². The third-order valence-corrected chi connectivity index (χ3v) is 4.00. The van der Waals surface area contributed by atoms with E-state index in [0.29, 0.717) is 12.5 Å². The molecule has 7 heteroatoms. The second-order valence-corrected chi connectivity index (χ2v) is 5.43. The molecule has 2 N–H and O–H groups in total. The predicted octanol–water partition coefficient (Wildman–Crippen LogP) is 0.139. The molecule has 1 aliphatic rings. The SMILES string of the molecule is O=c1cc(C2CCCN(CCn3cc[nH]c3=O)C2)nc[nH]1. The minimum atomic E-state index is -0.101. The van der Waals surface area contributed by atoms with Crippen LogP contribution < -0.4 is 11.2 Å². The van der Waals surface area contributed by atoms with Gasteiger partial charge in [-0.15, -0.1) is 0 Å². The van der Waals surface area contributed by atoms with Gasteiger partial charge in [0, 0.05) is 44.0 Å². The molecule has 1 atom stereocenters. The molecular formula is C14H19N5O2. The van der Waals surface area contributed by atoms with Gasteiger partial charge in [0.25, 0.3) is 5.56 Å². The molecule has 0 radical (unpaired) electrons. The van der Waals surface area contributed by atoms with Crippen LogP contribution in [0.3, 0.4) is 0 Å². The molecular weight excluding hydrogens is 270 g/mol. The lowest BCUT2D eigenvalue weighted by Gasteiger charge is -2.32. The van der Waals surface area contributed by atoms with Crippen molar-refractivity contribution in [3.63, 3.8) is 0 Å².